The van der Waals surface area contributed by atoms with Gasteiger partial charge in [-0.2, -0.15) is 5.26 Å². The lowest BCUT2D eigenvalue weighted by molar-refractivity contribution is 0.102. The second-order valence-corrected chi connectivity index (χ2v) is 7.64. The number of nitrogens with zero attached hydrogens (tertiary/aromatic N) is 4. The summed E-state index contributed by atoms with van der Waals surface area (Å²) in [4.78, 5) is 14.8. The fourth-order valence-corrected chi connectivity index (χ4v) is 3.68. The third kappa shape index (κ3) is 5.20. The van der Waals surface area contributed by atoms with Gasteiger partial charge in [0.05, 0.1) is 30.1 Å². The molecule has 1 fully saturated rings. The monoisotopic (exact) mass is 465 g/mol. The molecule has 2 aromatic carbocycles. The Morgan fingerprint density at radius 3 is 2.56 bits per heavy atom. The maximum absolute atomic E-state index is 13.9. The number of rotatable bonds is 6. The predicted molar refractivity (Wildman–Crippen MR) is 120 cm³/mol. The van der Waals surface area contributed by atoms with E-state index in [1.54, 1.807) is 18.2 Å². The van der Waals surface area contributed by atoms with Gasteiger partial charge in [-0.1, -0.05) is 0 Å². The van der Waals surface area contributed by atoms with Crippen molar-refractivity contribution in [3.63, 3.8) is 0 Å². The van der Waals surface area contributed by atoms with Gasteiger partial charge >= 0.3 is 0 Å². The van der Waals surface area contributed by atoms with Crippen LogP contribution in [0.5, 0.6) is 11.6 Å². The zero-order valence-electron chi connectivity index (χ0n) is 18.3. The van der Waals surface area contributed by atoms with E-state index in [9.17, 15) is 18.8 Å². The molecule has 10 heteroatoms. The van der Waals surface area contributed by atoms with E-state index in [0.29, 0.717) is 37.2 Å². The van der Waals surface area contributed by atoms with Crippen LogP contribution in [0.4, 0.5) is 20.2 Å². The Bertz CT molecular complexity index is 1220. The molecule has 8 nitrogen and oxygen atoms in total. The van der Waals surface area contributed by atoms with Crippen molar-refractivity contribution in [3.05, 3.63) is 71.4 Å². The Morgan fingerprint density at radius 1 is 1.12 bits per heavy atom. The third-order valence-corrected chi connectivity index (χ3v) is 5.43. The zero-order valence-corrected chi connectivity index (χ0v) is 18.3. The highest BCUT2D eigenvalue weighted by molar-refractivity contribution is 6.04. The molecule has 0 bridgehead atoms. The molecule has 0 radical (unpaired) electrons. The molecule has 1 aromatic heterocycles. The smallest absolute Gasteiger partial charge is 0.276 e. The number of aromatic nitrogens is 2. The first-order chi connectivity index (χ1) is 16.5. The molecule has 1 aliphatic heterocycles. The molecular weight excluding hydrogens is 444 g/mol. The number of hydrogen-bond donors (Lipinski definition) is 1. The lowest BCUT2D eigenvalue weighted by atomic mass is 10.1. The molecule has 0 unspecified atom stereocenters. The molecule has 0 aliphatic carbocycles. The van der Waals surface area contributed by atoms with Crippen molar-refractivity contribution in [2.45, 2.75) is 18.9 Å². The molecule has 1 saturated heterocycles. The fraction of sp³-hybridized carbons (Fsp3) is 0.250. The van der Waals surface area contributed by atoms with E-state index in [2.05, 4.69) is 26.5 Å². The number of halogens is 2. The Kier molecular flexibility index (Phi) is 6.82. The van der Waals surface area contributed by atoms with Crippen LogP contribution in [0.25, 0.3) is 0 Å². The first-order valence-corrected chi connectivity index (χ1v) is 10.6. The number of methoxy groups -OCH3 is 1. The van der Waals surface area contributed by atoms with Crippen molar-refractivity contribution in [1.29, 1.82) is 5.26 Å². The molecule has 1 amide bonds. The van der Waals surface area contributed by atoms with E-state index in [1.165, 1.54) is 25.3 Å². The van der Waals surface area contributed by atoms with Crippen molar-refractivity contribution in [2.24, 2.45) is 0 Å². The number of hydrogen-bond acceptors (Lipinski definition) is 7. The van der Waals surface area contributed by atoms with E-state index < -0.39 is 17.5 Å². The summed E-state index contributed by atoms with van der Waals surface area (Å²) < 4.78 is 37.7. The van der Waals surface area contributed by atoms with Crippen LogP contribution in [0.15, 0.2) is 48.5 Å². The van der Waals surface area contributed by atoms with E-state index in [1.807, 2.05) is 0 Å². The summed E-state index contributed by atoms with van der Waals surface area (Å²) in [5.41, 5.74) is 1.69. The van der Waals surface area contributed by atoms with Crippen molar-refractivity contribution >= 4 is 17.3 Å². The summed E-state index contributed by atoms with van der Waals surface area (Å²) in [6.45, 7) is 1.15. The summed E-state index contributed by atoms with van der Waals surface area (Å²) in [6, 6.07) is 13.4. The molecule has 174 valence electrons. The zero-order chi connectivity index (χ0) is 24.1. The Balaban J connectivity index is 1.46. The fourth-order valence-electron chi connectivity index (χ4n) is 3.68. The van der Waals surface area contributed by atoms with Gasteiger partial charge in [0, 0.05) is 38.1 Å². The highest BCUT2D eigenvalue weighted by atomic mass is 19.1. The first-order valence-electron chi connectivity index (χ1n) is 10.6. The molecule has 1 aliphatic rings. The average molecular weight is 465 g/mol. The number of ether oxygens (including phenoxy) is 2. The number of carbonyl (C=O) groups is 1. The average Bonchev–Trinajstić information content (AvgIpc) is 2.86. The van der Waals surface area contributed by atoms with Gasteiger partial charge in [-0.25, -0.2) is 8.78 Å². The summed E-state index contributed by atoms with van der Waals surface area (Å²) in [5, 5.41) is 19.8. The quantitative estimate of drug-likeness (QED) is 0.589. The molecule has 4 rings (SSSR count). The number of piperidine rings is 1. The van der Waals surface area contributed by atoms with Crippen LogP contribution >= 0.6 is 0 Å². The lowest BCUT2D eigenvalue weighted by Crippen LogP contribution is -2.38. The first kappa shape index (κ1) is 22.9. The molecule has 1 N–H and O–H groups in total. The van der Waals surface area contributed by atoms with Crippen LogP contribution in [0.2, 0.25) is 0 Å². The Morgan fingerprint density at radius 2 is 1.91 bits per heavy atom. The van der Waals surface area contributed by atoms with Crippen LogP contribution < -0.4 is 19.7 Å². The second kappa shape index (κ2) is 10.1. The predicted octanol–water partition coefficient (Wildman–Crippen LogP) is 3.94. The van der Waals surface area contributed by atoms with Crippen molar-refractivity contribution in [2.75, 3.05) is 30.4 Å². The van der Waals surface area contributed by atoms with Gasteiger partial charge in [-0.05, 0) is 36.4 Å². The minimum absolute atomic E-state index is 0.0202. The molecule has 34 heavy (non-hydrogen) atoms. The SMILES string of the molecule is COc1ccc(C(=O)Nc2cc(C#N)ccc2N2CCC(Oc3ccc(F)cc3F)CC2)nn1. The van der Waals surface area contributed by atoms with Gasteiger partial charge in [-0.15, -0.1) is 10.2 Å². The maximum atomic E-state index is 13.9. The topological polar surface area (TPSA) is 100 Å². The molecular formula is C24H21F2N5O3. The van der Waals surface area contributed by atoms with Crippen LogP contribution in [-0.2, 0) is 0 Å². The van der Waals surface area contributed by atoms with Gasteiger partial charge in [-0.3, -0.25) is 4.79 Å². The van der Waals surface area contributed by atoms with Gasteiger partial charge < -0.3 is 19.7 Å². The molecule has 0 spiro atoms. The van der Waals surface area contributed by atoms with Crippen molar-refractivity contribution < 1.29 is 23.0 Å². The van der Waals surface area contributed by atoms with E-state index in [-0.39, 0.29) is 23.4 Å². The van der Waals surface area contributed by atoms with Crippen LogP contribution in [0.1, 0.15) is 28.9 Å². The molecule has 0 saturated carbocycles. The maximum Gasteiger partial charge on any atom is 0.276 e. The lowest BCUT2D eigenvalue weighted by Gasteiger charge is -2.34. The van der Waals surface area contributed by atoms with Gasteiger partial charge in [0.1, 0.15) is 11.9 Å². The largest absolute Gasteiger partial charge is 0.487 e. The Labute approximate surface area is 194 Å². The van der Waals surface area contributed by atoms with E-state index in [4.69, 9.17) is 9.47 Å². The summed E-state index contributed by atoms with van der Waals surface area (Å²) in [5.74, 6) is -1.56. The standard InChI is InChI=1S/C24H21F2N5O3/c1-33-23-7-4-19(29-30-23)24(32)28-20-12-15(14-27)2-5-21(20)31-10-8-17(9-11-31)34-22-6-3-16(25)13-18(22)26/h2-7,12-13,17H,8-11H2,1H3,(H,28,32). The highest BCUT2D eigenvalue weighted by Crippen LogP contribution is 2.31. The molecule has 0 atom stereocenters. The number of amides is 1. The molecule has 3 aromatic rings. The third-order valence-electron chi connectivity index (χ3n) is 5.43. The van der Waals surface area contributed by atoms with E-state index in [0.717, 1.165) is 17.8 Å². The molecule has 2 heterocycles. The number of carbonyl (C=O) groups excluding carboxylic acids is 1. The van der Waals surface area contributed by atoms with E-state index >= 15 is 0 Å². The van der Waals surface area contributed by atoms with Gasteiger partial charge in [0.15, 0.2) is 17.3 Å². The second-order valence-electron chi connectivity index (χ2n) is 7.64. The normalized spacial score (nSPS) is 13.8. The summed E-state index contributed by atoms with van der Waals surface area (Å²) in [6.07, 6.45) is 0.949. The number of benzene rings is 2. The minimum Gasteiger partial charge on any atom is -0.487 e. The number of nitrogens with one attached hydrogen (secondary N) is 1. The highest BCUT2D eigenvalue weighted by Gasteiger charge is 2.24. The summed E-state index contributed by atoms with van der Waals surface area (Å²) in [7, 11) is 1.45. The van der Waals surface area contributed by atoms with Gasteiger partial charge in [0.25, 0.3) is 5.91 Å². The van der Waals surface area contributed by atoms with Crippen molar-refractivity contribution in [1.82, 2.24) is 10.2 Å². The van der Waals surface area contributed by atoms with Gasteiger partial charge in [0.2, 0.25) is 5.88 Å². The Hall–Kier alpha value is -4.26. The number of anilines is 2. The van der Waals surface area contributed by atoms with Crippen molar-refractivity contribution in [3.8, 4) is 17.7 Å². The van der Waals surface area contributed by atoms with Crippen LogP contribution in [0.3, 0.4) is 0 Å². The van der Waals surface area contributed by atoms with Crippen LogP contribution in [0, 0.1) is 23.0 Å². The summed E-state index contributed by atoms with van der Waals surface area (Å²) >= 11 is 0. The number of nitriles is 1. The van der Waals surface area contributed by atoms with Crippen LogP contribution in [-0.4, -0.2) is 42.4 Å². The minimum atomic E-state index is -0.735.